The molecule has 98 valence electrons. The van der Waals surface area contributed by atoms with E-state index in [9.17, 15) is 4.79 Å². The SMILES string of the molecule is O=C(CC1CCCCO1)c1cncc2ccccc12. The Balaban J connectivity index is 1.85. The Morgan fingerprint density at radius 1 is 1.26 bits per heavy atom. The number of hydrogen-bond donors (Lipinski definition) is 0. The molecule has 0 N–H and O–H groups in total. The maximum absolute atomic E-state index is 12.4. The summed E-state index contributed by atoms with van der Waals surface area (Å²) in [6.45, 7) is 0.783. The Labute approximate surface area is 112 Å². The largest absolute Gasteiger partial charge is 0.378 e. The van der Waals surface area contributed by atoms with Gasteiger partial charge in [-0.05, 0) is 24.6 Å². The molecular weight excluding hydrogens is 238 g/mol. The van der Waals surface area contributed by atoms with Gasteiger partial charge in [0.25, 0.3) is 0 Å². The summed E-state index contributed by atoms with van der Waals surface area (Å²) in [5.41, 5.74) is 0.715. The standard InChI is InChI=1S/C16H17NO2/c18-16(9-13-6-3-4-8-19-13)15-11-17-10-12-5-1-2-7-14(12)15/h1-2,5,7,10-11,13H,3-4,6,8-9H2. The zero-order valence-electron chi connectivity index (χ0n) is 10.8. The monoisotopic (exact) mass is 255 g/mol. The molecule has 0 bridgehead atoms. The highest BCUT2D eigenvalue weighted by atomic mass is 16.5. The summed E-state index contributed by atoms with van der Waals surface area (Å²) >= 11 is 0. The Morgan fingerprint density at radius 2 is 2.16 bits per heavy atom. The molecule has 3 rings (SSSR count). The van der Waals surface area contributed by atoms with Crippen LogP contribution in [-0.4, -0.2) is 23.5 Å². The zero-order valence-corrected chi connectivity index (χ0v) is 10.8. The molecule has 0 spiro atoms. The molecule has 0 radical (unpaired) electrons. The lowest BCUT2D eigenvalue weighted by Gasteiger charge is -2.21. The van der Waals surface area contributed by atoms with Gasteiger partial charge in [-0.25, -0.2) is 0 Å². The number of ether oxygens (including phenoxy) is 1. The van der Waals surface area contributed by atoms with Crippen molar-refractivity contribution >= 4 is 16.6 Å². The van der Waals surface area contributed by atoms with Crippen molar-refractivity contribution in [1.82, 2.24) is 4.98 Å². The first kappa shape index (κ1) is 12.3. The van der Waals surface area contributed by atoms with Gasteiger partial charge >= 0.3 is 0 Å². The first-order valence-electron chi connectivity index (χ1n) is 6.82. The lowest BCUT2D eigenvalue weighted by molar-refractivity contribution is 0.0129. The maximum Gasteiger partial charge on any atom is 0.167 e. The van der Waals surface area contributed by atoms with Crippen molar-refractivity contribution in [2.75, 3.05) is 6.61 Å². The van der Waals surface area contributed by atoms with Crippen LogP contribution in [0.4, 0.5) is 0 Å². The van der Waals surface area contributed by atoms with Crippen LogP contribution in [0, 0.1) is 0 Å². The van der Waals surface area contributed by atoms with Crippen LogP contribution in [0.15, 0.2) is 36.7 Å². The molecule has 3 heteroatoms. The summed E-state index contributed by atoms with van der Waals surface area (Å²) in [4.78, 5) is 16.6. The van der Waals surface area contributed by atoms with E-state index in [0.29, 0.717) is 12.0 Å². The van der Waals surface area contributed by atoms with Crippen molar-refractivity contribution < 1.29 is 9.53 Å². The Bertz CT molecular complexity index is 583. The minimum Gasteiger partial charge on any atom is -0.378 e. The Hall–Kier alpha value is -1.74. The number of aromatic nitrogens is 1. The summed E-state index contributed by atoms with van der Waals surface area (Å²) < 4.78 is 5.64. The first-order valence-corrected chi connectivity index (χ1v) is 6.82. The van der Waals surface area contributed by atoms with Gasteiger partial charge in [-0.3, -0.25) is 9.78 Å². The maximum atomic E-state index is 12.4. The van der Waals surface area contributed by atoms with Gasteiger partial charge in [0, 0.05) is 36.4 Å². The van der Waals surface area contributed by atoms with Crippen molar-refractivity contribution in [1.29, 1.82) is 0 Å². The summed E-state index contributed by atoms with van der Waals surface area (Å²) in [5, 5.41) is 2.00. The van der Waals surface area contributed by atoms with Crippen LogP contribution in [0.3, 0.4) is 0 Å². The number of Topliss-reactive ketones (excluding diaryl/α,β-unsaturated/α-hetero) is 1. The molecule has 2 aromatic rings. The van der Waals surface area contributed by atoms with Crippen LogP contribution in [0.1, 0.15) is 36.0 Å². The van der Waals surface area contributed by atoms with Crippen LogP contribution in [0.5, 0.6) is 0 Å². The molecule has 0 amide bonds. The van der Waals surface area contributed by atoms with E-state index in [1.165, 1.54) is 0 Å². The topological polar surface area (TPSA) is 39.2 Å². The summed E-state index contributed by atoms with van der Waals surface area (Å²) in [6, 6.07) is 7.88. The van der Waals surface area contributed by atoms with E-state index in [2.05, 4.69) is 4.98 Å². The third kappa shape index (κ3) is 2.66. The van der Waals surface area contributed by atoms with Crippen molar-refractivity contribution in [2.45, 2.75) is 31.8 Å². The molecule has 3 nitrogen and oxygen atoms in total. The van der Waals surface area contributed by atoms with Gasteiger partial charge in [-0.1, -0.05) is 24.3 Å². The predicted molar refractivity (Wildman–Crippen MR) is 74.3 cm³/mol. The van der Waals surface area contributed by atoms with Crippen molar-refractivity contribution in [3.63, 3.8) is 0 Å². The minimum absolute atomic E-state index is 0.0835. The van der Waals surface area contributed by atoms with Crippen molar-refractivity contribution in [3.8, 4) is 0 Å². The molecular formula is C16H17NO2. The van der Waals surface area contributed by atoms with E-state index in [4.69, 9.17) is 4.74 Å². The first-order chi connectivity index (χ1) is 9.34. The summed E-state index contributed by atoms with van der Waals surface area (Å²) in [7, 11) is 0. The quantitative estimate of drug-likeness (QED) is 0.789. The fraction of sp³-hybridized carbons (Fsp3) is 0.375. The lowest BCUT2D eigenvalue weighted by atomic mass is 9.98. The minimum atomic E-state index is 0.0835. The van der Waals surface area contributed by atoms with Crippen LogP contribution in [0.25, 0.3) is 10.8 Å². The second kappa shape index (κ2) is 5.49. The third-order valence-electron chi connectivity index (χ3n) is 3.66. The molecule has 1 fully saturated rings. The molecule has 1 unspecified atom stereocenters. The number of fused-ring (bicyclic) bond motifs is 1. The molecule has 0 saturated carbocycles. The second-order valence-corrected chi connectivity index (χ2v) is 5.02. The molecule has 1 saturated heterocycles. The summed E-state index contributed by atoms with van der Waals surface area (Å²) in [6.07, 6.45) is 7.28. The van der Waals surface area contributed by atoms with Gasteiger partial charge < -0.3 is 4.74 Å². The van der Waals surface area contributed by atoms with Crippen molar-refractivity contribution in [3.05, 3.63) is 42.2 Å². The molecule has 0 aliphatic carbocycles. The van der Waals surface area contributed by atoms with Crippen LogP contribution >= 0.6 is 0 Å². The fourth-order valence-corrected chi connectivity index (χ4v) is 2.62. The molecule has 1 aliphatic heterocycles. The number of rotatable bonds is 3. The molecule has 1 aromatic carbocycles. The van der Waals surface area contributed by atoms with Gasteiger partial charge in [-0.15, -0.1) is 0 Å². The number of ketones is 1. The lowest BCUT2D eigenvalue weighted by Crippen LogP contribution is -2.22. The number of carbonyl (C=O) groups is 1. The number of nitrogens with zero attached hydrogens (tertiary/aromatic N) is 1. The molecule has 19 heavy (non-hydrogen) atoms. The number of hydrogen-bond acceptors (Lipinski definition) is 3. The average molecular weight is 255 g/mol. The average Bonchev–Trinajstić information content (AvgIpc) is 2.47. The van der Waals surface area contributed by atoms with E-state index >= 15 is 0 Å². The van der Waals surface area contributed by atoms with Crippen LogP contribution < -0.4 is 0 Å². The normalized spacial score (nSPS) is 19.5. The van der Waals surface area contributed by atoms with Gasteiger partial charge in [0.2, 0.25) is 0 Å². The third-order valence-corrected chi connectivity index (χ3v) is 3.66. The summed E-state index contributed by atoms with van der Waals surface area (Å²) in [5.74, 6) is 0.135. The van der Waals surface area contributed by atoms with Crippen LogP contribution in [-0.2, 0) is 4.74 Å². The highest BCUT2D eigenvalue weighted by molar-refractivity contribution is 6.07. The number of pyridine rings is 1. The van der Waals surface area contributed by atoms with E-state index in [1.54, 1.807) is 12.4 Å². The highest BCUT2D eigenvalue weighted by Gasteiger charge is 2.19. The van der Waals surface area contributed by atoms with Gasteiger partial charge in [-0.2, -0.15) is 0 Å². The van der Waals surface area contributed by atoms with E-state index in [-0.39, 0.29) is 11.9 Å². The number of carbonyl (C=O) groups excluding carboxylic acids is 1. The van der Waals surface area contributed by atoms with Crippen LogP contribution in [0.2, 0.25) is 0 Å². The van der Waals surface area contributed by atoms with E-state index in [0.717, 1.165) is 36.6 Å². The molecule has 2 heterocycles. The van der Waals surface area contributed by atoms with Crippen molar-refractivity contribution in [2.24, 2.45) is 0 Å². The Kier molecular flexibility index (Phi) is 3.56. The molecule has 1 aliphatic rings. The smallest absolute Gasteiger partial charge is 0.167 e. The predicted octanol–water partition coefficient (Wildman–Crippen LogP) is 3.38. The highest BCUT2D eigenvalue weighted by Crippen LogP contribution is 2.22. The van der Waals surface area contributed by atoms with Gasteiger partial charge in [0.05, 0.1) is 6.10 Å². The van der Waals surface area contributed by atoms with E-state index in [1.807, 2.05) is 24.3 Å². The van der Waals surface area contributed by atoms with Gasteiger partial charge in [0.1, 0.15) is 0 Å². The molecule has 1 atom stereocenters. The number of benzene rings is 1. The molecule has 1 aromatic heterocycles. The zero-order chi connectivity index (χ0) is 13.1. The second-order valence-electron chi connectivity index (χ2n) is 5.02. The Morgan fingerprint density at radius 3 is 3.00 bits per heavy atom. The van der Waals surface area contributed by atoms with E-state index < -0.39 is 0 Å². The van der Waals surface area contributed by atoms with Gasteiger partial charge in [0.15, 0.2) is 5.78 Å². The fourth-order valence-electron chi connectivity index (χ4n) is 2.62.